The first-order valence-corrected chi connectivity index (χ1v) is 4.19. The van der Waals surface area contributed by atoms with Crippen LogP contribution in [0.5, 0.6) is 0 Å². The molecule has 0 spiro atoms. The molecule has 0 amide bonds. The lowest BCUT2D eigenvalue weighted by Crippen LogP contribution is -2.56. The van der Waals surface area contributed by atoms with Gasteiger partial charge in [-0.2, -0.15) is 0 Å². The van der Waals surface area contributed by atoms with Crippen molar-refractivity contribution < 1.29 is 0 Å². The molecule has 0 unspecified atom stereocenters. The Morgan fingerprint density at radius 3 is 1.79 bits per heavy atom. The van der Waals surface area contributed by atoms with Gasteiger partial charge in [0.05, 0.1) is 28.4 Å². The number of nitrogen functional groups attached to an aromatic ring is 4. The second kappa shape index (κ2) is 2.23. The van der Waals surface area contributed by atoms with Gasteiger partial charge in [-0.3, -0.25) is 0 Å². The van der Waals surface area contributed by atoms with Crippen LogP contribution in [0.4, 0.5) is 22.7 Å². The van der Waals surface area contributed by atoms with Crippen molar-refractivity contribution in [2.45, 2.75) is 12.1 Å². The Morgan fingerprint density at radius 2 is 1.29 bits per heavy atom. The minimum Gasteiger partial charge on any atom is -0.397 e. The van der Waals surface area contributed by atoms with E-state index < -0.39 is 5.66 Å². The number of hydrogen-bond acceptors (Lipinski definition) is 6. The first-order chi connectivity index (χ1) is 6.36. The molecule has 0 aliphatic heterocycles. The van der Waals surface area contributed by atoms with Crippen LogP contribution < -0.4 is 34.4 Å². The molecule has 0 saturated carbocycles. The average molecular weight is 194 g/mol. The van der Waals surface area contributed by atoms with Gasteiger partial charge in [0, 0.05) is 12.0 Å². The molecule has 0 atom stereocenters. The maximum Gasteiger partial charge on any atom is 0.0966 e. The molecular weight excluding hydrogens is 180 g/mol. The molecule has 2 rings (SSSR count). The summed E-state index contributed by atoms with van der Waals surface area (Å²) >= 11 is 0. The average Bonchev–Trinajstić information content (AvgIpc) is 2.09. The molecule has 14 heavy (non-hydrogen) atoms. The highest BCUT2D eigenvalue weighted by atomic mass is 15.0. The molecule has 76 valence electrons. The number of anilines is 4. The van der Waals surface area contributed by atoms with Gasteiger partial charge in [0.2, 0.25) is 0 Å². The third-order valence-electron chi connectivity index (χ3n) is 2.70. The molecule has 0 heterocycles. The SMILES string of the molecule is Nc1c(N)c(N)c2c(c1N)CC2(N)N. The van der Waals surface area contributed by atoms with E-state index in [0.717, 1.165) is 5.56 Å². The van der Waals surface area contributed by atoms with Crippen molar-refractivity contribution in [2.75, 3.05) is 22.9 Å². The highest BCUT2D eigenvalue weighted by Crippen LogP contribution is 2.47. The van der Waals surface area contributed by atoms with E-state index in [9.17, 15) is 0 Å². The van der Waals surface area contributed by atoms with Crippen molar-refractivity contribution in [1.29, 1.82) is 0 Å². The van der Waals surface area contributed by atoms with E-state index in [1.54, 1.807) is 0 Å². The summed E-state index contributed by atoms with van der Waals surface area (Å²) < 4.78 is 0. The first-order valence-electron chi connectivity index (χ1n) is 4.19. The van der Waals surface area contributed by atoms with Crippen LogP contribution in [0.15, 0.2) is 0 Å². The fourth-order valence-corrected chi connectivity index (χ4v) is 1.87. The number of rotatable bonds is 0. The monoisotopic (exact) mass is 194 g/mol. The fraction of sp³-hybridized carbons (Fsp3) is 0.250. The van der Waals surface area contributed by atoms with E-state index in [0.29, 0.717) is 29.0 Å². The third-order valence-corrected chi connectivity index (χ3v) is 2.70. The predicted octanol–water partition coefficient (Wildman–Crippen LogP) is -1.36. The topological polar surface area (TPSA) is 156 Å². The summed E-state index contributed by atoms with van der Waals surface area (Å²) in [5.41, 5.74) is 36.3. The zero-order chi connectivity index (χ0) is 10.7. The lowest BCUT2D eigenvalue weighted by molar-refractivity contribution is 0.406. The molecule has 1 aromatic rings. The minimum absolute atomic E-state index is 0.265. The Morgan fingerprint density at radius 1 is 0.786 bits per heavy atom. The second-order valence-electron chi connectivity index (χ2n) is 3.73. The molecule has 6 nitrogen and oxygen atoms in total. The summed E-state index contributed by atoms with van der Waals surface area (Å²) in [6.07, 6.45) is 0.475. The van der Waals surface area contributed by atoms with Crippen LogP contribution in [0.3, 0.4) is 0 Å². The standard InChI is InChI=1S/C8H14N6/c9-4-2-1-8(13,14)3(2)5(10)7(12)6(4)11/h1,9-14H2. The van der Waals surface area contributed by atoms with Crippen LogP contribution in [0.25, 0.3) is 0 Å². The largest absolute Gasteiger partial charge is 0.397 e. The minimum atomic E-state index is -0.921. The van der Waals surface area contributed by atoms with E-state index in [-0.39, 0.29) is 5.69 Å². The van der Waals surface area contributed by atoms with E-state index in [4.69, 9.17) is 34.4 Å². The summed E-state index contributed by atoms with van der Waals surface area (Å²) in [5.74, 6) is 0. The van der Waals surface area contributed by atoms with E-state index in [1.807, 2.05) is 0 Å². The Hall–Kier alpha value is -1.66. The van der Waals surface area contributed by atoms with Gasteiger partial charge in [-0.25, -0.2) is 0 Å². The summed E-state index contributed by atoms with van der Waals surface area (Å²) in [6, 6.07) is 0. The number of fused-ring (bicyclic) bond motifs is 1. The quantitative estimate of drug-likeness (QED) is 0.221. The Bertz CT molecular complexity index is 399. The smallest absolute Gasteiger partial charge is 0.0966 e. The summed E-state index contributed by atoms with van der Waals surface area (Å²) in [7, 11) is 0. The van der Waals surface area contributed by atoms with Crippen molar-refractivity contribution in [3.05, 3.63) is 11.1 Å². The zero-order valence-corrected chi connectivity index (χ0v) is 7.67. The molecule has 0 bridgehead atoms. The van der Waals surface area contributed by atoms with Gasteiger partial charge in [0.25, 0.3) is 0 Å². The second-order valence-corrected chi connectivity index (χ2v) is 3.73. The highest BCUT2D eigenvalue weighted by molar-refractivity contribution is 5.93. The molecule has 1 aliphatic rings. The molecule has 1 aliphatic carbocycles. The Labute approximate surface area is 81.2 Å². The Balaban J connectivity index is 2.77. The molecule has 0 fully saturated rings. The lowest BCUT2D eigenvalue weighted by Gasteiger charge is -2.40. The predicted molar refractivity (Wildman–Crippen MR) is 57.8 cm³/mol. The van der Waals surface area contributed by atoms with E-state index in [2.05, 4.69) is 0 Å². The van der Waals surface area contributed by atoms with Crippen molar-refractivity contribution in [2.24, 2.45) is 11.5 Å². The summed E-state index contributed by atoms with van der Waals surface area (Å²) in [5, 5.41) is 0. The summed E-state index contributed by atoms with van der Waals surface area (Å²) in [4.78, 5) is 0. The van der Waals surface area contributed by atoms with Gasteiger partial charge in [-0.15, -0.1) is 0 Å². The van der Waals surface area contributed by atoms with Crippen LogP contribution >= 0.6 is 0 Å². The molecular formula is C8H14N6. The van der Waals surface area contributed by atoms with Crippen LogP contribution in [0, 0.1) is 0 Å². The third kappa shape index (κ3) is 0.811. The number of hydrogen-bond donors (Lipinski definition) is 6. The maximum absolute atomic E-state index is 5.77. The maximum atomic E-state index is 5.77. The molecule has 0 saturated heterocycles. The van der Waals surface area contributed by atoms with Crippen LogP contribution in [0.1, 0.15) is 11.1 Å². The van der Waals surface area contributed by atoms with Crippen molar-refractivity contribution in [1.82, 2.24) is 0 Å². The first kappa shape index (κ1) is 8.92. The fourth-order valence-electron chi connectivity index (χ4n) is 1.87. The van der Waals surface area contributed by atoms with Crippen molar-refractivity contribution in [3.8, 4) is 0 Å². The summed E-state index contributed by atoms with van der Waals surface area (Å²) in [6.45, 7) is 0. The van der Waals surface area contributed by atoms with Gasteiger partial charge in [-0.1, -0.05) is 0 Å². The molecule has 6 heteroatoms. The molecule has 12 N–H and O–H groups in total. The molecule has 0 radical (unpaired) electrons. The number of nitrogens with two attached hydrogens (primary N) is 6. The van der Waals surface area contributed by atoms with Crippen LogP contribution in [-0.4, -0.2) is 0 Å². The molecule has 0 aromatic heterocycles. The van der Waals surface area contributed by atoms with E-state index in [1.165, 1.54) is 0 Å². The van der Waals surface area contributed by atoms with Gasteiger partial charge < -0.3 is 34.4 Å². The number of benzene rings is 1. The van der Waals surface area contributed by atoms with Gasteiger partial charge in [-0.05, 0) is 5.56 Å². The molecule has 1 aromatic carbocycles. The lowest BCUT2D eigenvalue weighted by atomic mass is 9.75. The van der Waals surface area contributed by atoms with Crippen LogP contribution in [-0.2, 0) is 12.1 Å². The normalized spacial score (nSPS) is 17.3. The highest BCUT2D eigenvalue weighted by Gasteiger charge is 2.40. The van der Waals surface area contributed by atoms with Crippen molar-refractivity contribution >= 4 is 22.7 Å². The Kier molecular flexibility index (Phi) is 1.42. The van der Waals surface area contributed by atoms with Crippen LogP contribution in [0.2, 0.25) is 0 Å². The van der Waals surface area contributed by atoms with Gasteiger partial charge >= 0.3 is 0 Å². The van der Waals surface area contributed by atoms with E-state index >= 15 is 0 Å². The van der Waals surface area contributed by atoms with Crippen molar-refractivity contribution in [3.63, 3.8) is 0 Å². The zero-order valence-electron chi connectivity index (χ0n) is 7.67. The van der Waals surface area contributed by atoms with Gasteiger partial charge in [0.15, 0.2) is 0 Å². The van der Waals surface area contributed by atoms with Gasteiger partial charge in [0.1, 0.15) is 0 Å².